The lowest BCUT2D eigenvalue weighted by molar-refractivity contribution is -0.137. The molecular weight excluding hydrogens is 281 g/mol. The maximum atomic E-state index is 12.6. The van der Waals surface area contributed by atoms with E-state index in [2.05, 4.69) is 5.32 Å². The number of amides is 1. The molecule has 1 aliphatic carbocycles. The fourth-order valence-corrected chi connectivity index (χ4v) is 2.31. The van der Waals surface area contributed by atoms with Crippen molar-refractivity contribution in [3.05, 3.63) is 41.0 Å². The van der Waals surface area contributed by atoms with E-state index in [4.69, 9.17) is 5.26 Å². The summed E-state index contributed by atoms with van der Waals surface area (Å²) >= 11 is 0. The van der Waals surface area contributed by atoms with E-state index in [1.165, 1.54) is 12.1 Å². The molecule has 1 N–H and O–H groups in total. The summed E-state index contributed by atoms with van der Waals surface area (Å²) in [6, 6.07) is 6.21. The Morgan fingerprint density at radius 1 is 1.24 bits per heavy atom. The molecule has 0 unspecified atom stereocenters. The molecule has 1 aliphatic rings. The van der Waals surface area contributed by atoms with Crippen LogP contribution < -0.4 is 5.32 Å². The molecule has 0 atom stereocenters. The number of alkyl halides is 3. The number of nitrogens with zero attached hydrogens (tertiary/aromatic N) is 1. The van der Waals surface area contributed by atoms with E-state index in [-0.39, 0.29) is 11.3 Å². The second kappa shape index (κ2) is 6.00. The van der Waals surface area contributed by atoms with Gasteiger partial charge in [0.2, 0.25) is 0 Å². The van der Waals surface area contributed by atoms with E-state index >= 15 is 0 Å². The van der Waals surface area contributed by atoms with Gasteiger partial charge < -0.3 is 5.32 Å². The van der Waals surface area contributed by atoms with Gasteiger partial charge in [0.05, 0.1) is 5.56 Å². The fourth-order valence-electron chi connectivity index (χ4n) is 2.31. The van der Waals surface area contributed by atoms with Gasteiger partial charge in [-0.15, -0.1) is 0 Å². The van der Waals surface area contributed by atoms with Crippen LogP contribution in [0.15, 0.2) is 35.4 Å². The van der Waals surface area contributed by atoms with Crippen LogP contribution in [-0.4, -0.2) is 5.91 Å². The molecule has 0 heterocycles. The quantitative estimate of drug-likeness (QED) is 0.661. The van der Waals surface area contributed by atoms with Gasteiger partial charge in [-0.2, -0.15) is 18.4 Å². The number of nitrogens with one attached hydrogen (secondary N) is 1. The lowest BCUT2D eigenvalue weighted by Crippen LogP contribution is -2.15. The van der Waals surface area contributed by atoms with Crippen molar-refractivity contribution in [3.8, 4) is 6.07 Å². The minimum absolute atomic E-state index is 0.0184. The summed E-state index contributed by atoms with van der Waals surface area (Å²) in [7, 11) is 0. The second-order valence-corrected chi connectivity index (χ2v) is 4.83. The summed E-state index contributed by atoms with van der Waals surface area (Å²) < 4.78 is 37.8. The van der Waals surface area contributed by atoms with Crippen LogP contribution in [-0.2, 0) is 11.0 Å². The van der Waals surface area contributed by atoms with Crippen molar-refractivity contribution in [2.24, 2.45) is 0 Å². The Labute approximate surface area is 120 Å². The molecule has 21 heavy (non-hydrogen) atoms. The molecule has 1 amide bonds. The Morgan fingerprint density at radius 3 is 2.48 bits per heavy atom. The number of hydrogen-bond acceptors (Lipinski definition) is 2. The van der Waals surface area contributed by atoms with E-state index in [0.717, 1.165) is 30.5 Å². The highest BCUT2D eigenvalue weighted by molar-refractivity contribution is 6.07. The van der Waals surface area contributed by atoms with Gasteiger partial charge in [0.25, 0.3) is 5.91 Å². The molecule has 0 bridgehead atoms. The number of carbonyl (C=O) groups is 1. The molecular formula is C15H13F3N2O. The number of nitriles is 1. The fraction of sp³-hybridized carbons (Fsp3) is 0.333. The number of halogens is 3. The summed E-state index contributed by atoms with van der Waals surface area (Å²) in [5, 5.41) is 11.4. The van der Waals surface area contributed by atoms with Gasteiger partial charge >= 0.3 is 6.18 Å². The minimum atomic E-state index is -4.47. The summed E-state index contributed by atoms with van der Waals surface area (Å²) in [6.07, 6.45) is -1.23. The van der Waals surface area contributed by atoms with E-state index < -0.39 is 17.6 Å². The molecule has 0 spiro atoms. The smallest absolute Gasteiger partial charge is 0.321 e. The number of rotatable bonds is 2. The summed E-state index contributed by atoms with van der Waals surface area (Å²) in [5.74, 6) is -0.645. The zero-order valence-electron chi connectivity index (χ0n) is 11.1. The highest BCUT2D eigenvalue weighted by Gasteiger charge is 2.30. The van der Waals surface area contributed by atoms with Gasteiger partial charge in [-0.25, -0.2) is 0 Å². The zero-order chi connectivity index (χ0) is 15.5. The minimum Gasteiger partial charge on any atom is -0.321 e. The molecule has 6 heteroatoms. The third-order valence-corrected chi connectivity index (χ3v) is 3.35. The van der Waals surface area contributed by atoms with Crippen molar-refractivity contribution in [3.63, 3.8) is 0 Å². The Bertz CT molecular complexity index is 619. The molecule has 1 fully saturated rings. The van der Waals surface area contributed by atoms with Gasteiger partial charge in [-0.3, -0.25) is 4.79 Å². The Morgan fingerprint density at radius 2 is 1.90 bits per heavy atom. The van der Waals surface area contributed by atoms with Crippen molar-refractivity contribution in [1.82, 2.24) is 0 Å². The highest BCUT2D eigenvalue weighted by atomic mass is 19.4. The molecule has 1 saturated carbocycles. The van der Waals surface area contributed by atoms with Crippen molar-refractivity contribution in [1.29, 1.82) is 5.26 Å². The standard InChI is InChI=1S/C15H13F3N2O/c16-15(17,18)11-6-3-7-12(8-11)20-14(21)13(9-19)10-4-1-2-5-10/h3,6-8H,1-2,4-5H2,(H,20,21). The third kappa shape index (κ3) is 3.63. The molecule has 1 aromatic rings. The molecule has 110 valence electrons. The monoisotopic (exact) mass is 294 g/mol. The molecule has 1 aromatic carbocycles. The first-order chi connectivity index (χ1) is 9.91. The maximum Gasteiger partial charge on any atom is 0.416 e. The van der Waals surface area contributed by atoms with Crippen LogP contribution in [0.2, 0.25) is 0 Å². The summed E-state index contributed by atoms with van der Waals surface area (Å²) in [4.78, 5) is 12.0. The molecule has 0 aliphatic heterocycles. The van der Waals surface area contributed by atoms with Crippen molar-refractivity contribution in [2.75, 3.05) is 5.32 Å². The highest BCUT2D eigenvalue weighted by Crippen LogP contribution is 2.31. The van der Waals surface area contributed by atoms with E-state index in [1.807, 2.05) is 6.07 Å². The lowest BCUT2D eigenvalue weighted by atomic mass is 10.1. The molecule has 0 saturated heterocycles. The first-order valence-electron chi connectivity index (χ1n) is 6.52. The van der Waals surface area contributed by atoms with Crippen molar-refractivity contribution in [2.45, 2.75) is 31.9 Å². The molecule has 2 rings (SSSR count). The predicted octanol–water partition coefficient (Wildman–Crippen LogP) is 4.04. The first kappa shape index (κ1) is 15.1. The number of benzene rings is 1. The maximum absolute atomic E-state index is 12.6. The van der Waals surface area contributed by atoms with Crippen LogP contribution in [0.5, 0.6) is 0 Å². The normalized spacial score (nSPS) is 14.7. The third-order valence-electron chi connectivity index (χ3n) is 3.35. The Hall–Kier alpha value is -2.29. The first-order valence-corrected chi connectivity index (χ1v) is 6.52. The van der Waals surface area contributed by atoms with Gasteiger partial charge in [-0.1, -0.05) is 6.07 Å². The molecule has 3 nitrogen and oxygen atoms in total. The number of anilines is 1. The summed E-state index contributed by atoms with van der Waals surface area (Å²) in [6.45, 7) is 0. The average molecular weight is 294 g/mol. The SMILES string of the molecule is N#CC(C(=O)Nc1cccc(C(F)(F)F)c1)=C1CCCC1. The van der Waals surface area contributed by atoms with E-state index in [0.29, 0.717) is 12.8 Å². The van der Waals surface area contributed by atoms with E-state index in [9.17, 15) is 18.0 Å². The van der Waals surface area contributed by atoms with Crippen LogP contribution in [0.25, 0.3) is 0 Å². The largest absolute Gasteiger partial charge is 0.416 e. The zero-order valence-corrected chi connectivity index (χ0v) is 11.1. The Balaban J connectivity index is 2.20. The Kier molecular flexibility index (Phi) is 4.32. The number of carbonyl (C=O) groups excluding carboxylic acids is 1. The lowest BCUT2D eigenvalue weighted by Gasteiger charge is -2.10. The van der Waals surface area contributed by atoms with Crippen LogP contribution in [0, 0.1) is 11.3 Å². The molecule has 0 radical (unpaired) electrons. The molecule has 0 aromatic heterocycles. The topological polar surface area (TPSA) is 52.9 Å². The van der Waals surface area contributed by atoms with Gasteiger partial charge in [0.15, 0.2) is 0 Å². The predicted molar refractivity (Wildman–Crippen MR) is 71.2 cm³/mol. The van der Waals surface area contributed by atoms with Crippen LogP contribution in [0.3, 0.4) is 0 Å². The number of allylic oxidation sites excluding steroid dienone is 1. The summed E-state index contributed by atoms with van der Waals surface area (Å²) in [5.41, 5.74) is -0.0135. The van der Waals surface area contributed by atoms with Crippen molar-refractivity contribution < 1.29 is 18.0 Å². The van der Waals surface area contributed by atoms with Gasteiger partial charge in [0.1, 0.15) is 11.6 Å². The second-order valence-electron chi connectivity index (χ2n) is 4.83. The van der Waals surface area contributed by atoms with Crippen LogP contribution >= 0.6 is 0 Å². The van der Waals surface area contributed by atoms with Crippen LogP contribution in [0.4, 0.5) is 18.9 Å². The van der Waals surface area contributed by atoms with Crippen LogP contribution in [0.1, 0.15) is 31.2 Å². The van der Waals surface area contributed by atoms with Crippen molar-refractivity contribution >= 4 is 11.6 Å². The average Bonchev–Trinajstić information content (AvgIpc) is 2.93. The number of hydrogen-bond donors (Lipinski definition) is 1. The van der Waals surface area contributed by atoms with Gasteiger partial charge in [-0.05, 0) is 49.5 Å². The van der Waals surface area contributed by atoms with Gasteiger partial charge in [0, 0.05) is 5.69 Å². The van der Waals surface area contributed by atoms with E-state index in [1.54, 1.807) is 0 Å².